The fourth-order valence-corrected chi connectivity index (χ4v) is 3.11. The molecule has 0 saturated heterocycles. The van der Waals surface area contributed by atoms with Crippen LogP contribution in [-0.2, 0) is 19.4 Å². The van der Waals surface area contributed by atoms with Crippen molar-refractivity contribution < 1.29 is 22.9 Å². The fourth-order valence-electron chi connectivity index (χ4n) is 1.92. The van der Waals surface area contributed by atoms with Crippen molar-refractivity contribution in [3.05, 3.63) is 64.7 Å². The predicted molar refractivity (Wildman–Crippen MR) is 94.4 cm³/mol. The number of nitro groups is 1. The molecule has 2 aromatic rings. The van der Waals surface area contributed by atoms with Crippen LogP contribution in [0.1, 0.15) is 6.92 Å². The number of carbonyl (C=O) groups is 1. The van der Waals surface area contributed by atoms with E-state index in [1.807, 2.05) is 0 Å². The van der Waals surface area contributed by atoms with E-state index in [4.69, 9.17) is 4.74 Å². The Kier molecular flexibility index (Phi) is 6.02. The number of ether oxygens (including phenoxy) is 1. The van der Waals surface area contributed by atoms with Gasteiger partial charge in [0.05, 0.1) is 22.1 Å². The average Bonchev–Trinajstić information content (AvgIpc) is 2.63. The number of rotatable bonds is 5. The maximum atomic E-state index is 12.7. The summed E-state index contributed by atoms with van der Waals surface area (Å²) < 4.78 is 30.1. The summed E-state index contributed by atoms with van der Waals surface area (Å²) in [5.41, 5.74) is 2.29. The highest BCUT2D eigenvalue weighted by Gasteiger charge is 2.30. The highest BCUT2D eigenvalue weighted by Crippen LogP contribution is 2.18. The molecule has 0 fully saturated rings. The van der Waals surface area contributed by atoms with Crippen molar-refractivity contribution in [2.45, 2.75) is 11.8 Å². The molecule has 0 bridgehead atoms. The van der Waals surface area contributed by atoms with E-state index in [1.165, 1.54) is 49.4 Å². The number of hydrogen-bond acceptors (Lipinski definition) is 8. The van der Waals surface area contributed by atoms with Gasteiger partial charge in [-0.2, -0.15) is 5.10 Å². The molecule has 2 rings (SSSR count). The Morgan fingerprint density at radius 3 is 2.50 bits per heavy atom. The Morgan fingerprint density at radius 1 is 1.19 bits per heavy atom. The summed E-state index contributed by atoms with van der Waals surface area (Å²) in [6.07, 6.45) is 0. The molecule has 0 atom stereocenters. The first-order valence-electron chi connectivity index (χ1n) is 7.41. The molecule has 9 nitrogen and oxygen atoms in total. The van der Waals surface area contributed by atoms with E-state index < -0.39 is 25.8 Å². The van der Waals surface area contributed by atoms with Crippen LogP contribution < -0.4 is 5.43 Å². The number of esters is 1. The summed E-state index contributed by atoms with van der Waals surface area (Å²) in [5, 5.41) is 13.6. The van der Waals surface area contributed by atoms with Crippen molar-refractivity contribution in [2.75, 3.05) is 12.0 Å². The smallest absolute Gasteiger partial charge is 0.371 e. The fraction of sp³-hybridized carbons (Fsp3) is 0.125. The first kappa shape index (κ1) is 19.1. The number of nitrogens with zero attached hydrogens (tertiary/aromatic N) is 2. The molecule has 1 N–H and O–H groups in total. The summed E-state index contributed by atoms with van der Waals surface area (Å²) in [4.78, 5) is 22.1. The van der Waals surface area contributed by atoms with Gasteiger partial charge >= 0.3 is 5.97 Å². The molecule has 0 aliphatic carbocycles. The van der Waals surface area contributed by atoms with Gasteiger partial charge in [-0.25, -0.2) is 13.2 Å². The lowest BCUT2D eigenvalue weighted by Gasteiger charge is -2.08. The molecule has 2 aromatic carbocycles. The largest absolute Gasteiger partial charge is 0.461 e. The van der Waals surface area contributed by atoms with E-state index in [1.54, 1.807) is 6.07 Å². The highest BCUT2D eigenvalue weighted by atomic mass is 32.2. The van der Waals surface area contributed by atoms with Gasteiger partial charge in [0.2, 0.25) is 9.84 Å². The number of non-ortho nitro benzene ring substituents is 1. The van der Waals surface area contributed by atoms with Crippen LogP contribution in [0.15, 0.2) is 64.6 Å². The van der Waals surface area contributed by atoms with Crippen LogP contribution in [0, 0.1) is 10.1 Å². The zero-order valence-corrected chi connectivity index (χ0v) is 14.5. The molecule has 0 heterocycles. The third kappa shape index (κ3) is 4.42. The normalized spacial score (nSPS) is 11.7. The van der Waals surface area contributed by atoms with E-state index in [0.717, 1.165) is 6.07 Å². The second-order valence-electron chi connectivity index (χ2n) is 4.87. The van der Waals surface area contributed by atoms with E-state index >= 15 is 0 Å². The lowest BCUT2D eigenvalue weighted by Crippen LogP contribution is -2.28. The van der Waals surface area contributed by atoms with E-state index in [-0.39, 0.29) is 22.9 Å². The van der Waals surface area contributed by atoms with Crippen molar-refractivity contribution in [2.24, 2.45) is 5.10 Å². The summed E-state index contributed by atoms with van der Waals surface area (Å²) in [7, 11) is -4.24. The molecule has 0 aliphatic heterocycles. The minimum atomic E-state index is -4.24. The van der Waals surface area contributed by atoms with Crippen LogP contribution in [0.25, 0.3) is 0 Å². The van der Waals surface area contributed by atoms with Gasteiger partial charge in [-0.15, -0.1) is 0 Å². The van der Waals surface area contributed by atoms with Gasteiger partial charge in [0.25, 0.3) is 10.7 Å². The zero-order chi connectivity index (χ0) is 19.2. The Hall–Kier alpha value is -3.27. The number of sulfone groups is 1. The lowest BCUT2D eigenvalue weighted by molar-refractivity contribution is -0.384. The second-order valence-corrected chi connectivity index (χ2v) is 6.74. The van der Waals surface area contributed by atoms with Gasteiger partial charge in [0.1, 0.15) is 0 Å². The highest BCUT2D eigenvalue weighted by molar-refractivity contribution is 8.08. The SMILES string of the molecule is CCOC(=O)/C(=N/Nc1cccc([N+](=O)[O-])c1)S(=O)(=O)c1ccccc1. The molecule has 0 aromatic heterocycles. The van der Waals surface area contributed by atoms with Gasteiger partial charge in [-0.05, 0) is 25.1 Å². The minimum absolute atomic E-state index is 0.0427. The number of anilines is 1. The Morgan fingerprint density at radius 2 is 1.88 bits per heavy atom. The van der Waals surface area contributed by atoms with E-state index in [9.17, 15) is 23.3 Å². The van der Waals surface area contributed by atoms with Crippen LogP contribution in [0.3, 0.4) is 0 Å². The zero-order valence-electron chi connectivity index (χ0n) is 13.7. The molecule has 0 aliphatic rings. The Balaban J connectivity index is 2.42. The summed E-state index contributed by atoms with van der Waals surface area (Å²) in [6.45, 7) is 1.48. The number of carbonyl (C=O) groups excluding carboxylic acids is 1. The van der Waals surface area contributed by atoms with E-state index in [2.05, 4.69) is 10.5 Å². The van der Waals surface area contributed by atoms with Gasteiger partial charge in [0, 0.05) is 12.1 Å². The summed E-state index contributed by atoms with van der Waals surface area (Å²) >= 11 is 0. The van der Waals surface area contributed by atoms with Crippen LogP contribution in [0.5, 0.6) is 0 Å². The van der Waals surface area contributed by atoms with Crippen molar-refractivity contribution in [3.63, 3.8) is 0 Å². The van der Waals surface area contributed by atoms with Crippen molar-refractivity contribution >= 4 is 32.2 Å². The molecular weight excluding hydrogens is 362 g/mol. The van der Waals surface area contributed by atoms with Gasteiger partial charge in [0.15, 0.2) is 0 Å². The van der Waals surface area contributed by atoms with Crippen LogP contribution in [-0.4, -0.2) is 31.0 Å². The van der Waals surface area contributed by atoms with Crippen molar-refractivity contribution in [3.8, 4) is 0 Å². The lowest BCUT2D eigenvalue weighted by atomic mass is 10.3. The third-order valence-electron chi connectivity index (χ3n) is 3.10. The average molecular weight is 377 g/mol. The van der Waals surface area contributed by atoms with Crippen LogP contribution in [0.4, 0.5) is 11.4 Å². The summed E-state index contributed by atoms with van der Waals surface area (Å²) in [5.74, 6) is -1.13. The van der Waals surface area contributed by atoms with Crippen LogP contribution >= 0.6 is 0 Å². The quantitative estimate of drug-likeness (QED) is 0.278. The predicted octanol–water partition coefficient (Wildman–Crippen LogP) is 2.36. The van der Waals surface area contributed by atoms with Crippen molar-refractivity contribution in [1.29, 1.82) is 0 Å². The summed E-state index contributed by atoms with van der Waals surface area (Å²) in [6, 6.07) is 12.5. The van der Waals surface area contributed by atoms with Gasteiger partial charge in [-0.3, -0.25) is 15.5 Å². The Bertz CT molecular complexity index is 941. The molecule has 0 amide bonds. The van der Waals surface area contributed by atoms with Crippen LogP contribution in [0.2, 0.25) is 0 Å². The molecule has 10 heteroatoms. The maximum absolute atomic E-state index is 12.7. The van der Waals surface area contributed by atoms with E-state index in [0.29, 0.717) is 0 Å². The molecule has 0 spiro atoms. The molecule has 0 unspecified atom stereocenters. The topological polar surface area (TPSA) is 128 Å². The van der Waals surface area contributed by atoms with Gasteiger partial charge in [-0.1, -0.05) is 24.3 Å². The maximum Gasteiger partial charge on any atom is 0.371 e. The molecule has 26 heavy (non-hydrogen) atoms. The molecular formula is C16H15N3O6S. The number of nitro benzene ring substituents is 1. The molecule has 136 valence electrons. The number of benzene rings is 2. The van der Waals surface area contributed by atoms with Crippen molar-refractivity contribution in [1.82, 2.24) is 0 Å². The standard InChI is InChI=1S/C16H15N3O6S/c1-2-25-16(20)15(26(23,24)14-9-4-3-5-10-14)18-17-12-7-6-8-13(11-12)19(21)22/h3-11,17H,2H2,1H3/b18-15-. The van der Waals surface area contributed by atoms with Gasteiger partial charge < -0.3 is 4.74 Å². The molecule has 0 saturated carbocycles. The number of hydrazone groups is 1. The Labute approximate surface area is 149 Å². The second kappa shape index (κ2) is 8.21. The monoisotopic (exact) mass is 377 g/mol. The first-order valence-corrected chi connectivity index (χ1v) is 8.90. The third-order valence-corrected chi connectivity index (χ3v) is 4.76. The minimum Gasteiger partial charge on any atom is -0.461 e. The number of nitrogens with one attached hydrogen (secondary N) is 1. The first-order chi connectivity index (χ1) is 12.4. The number of hydrogen-bond donors (Lipinski definition) is 1. The molecule has 0 radical (unpaired) electrons.